The fourth-order valence-electron chi connectivity index (χ4n) is 4.32. The van der Waals surface area contributed by atoms with E-state index < -0.39 is 23.9 Å². The first kappa shape index (κ1) is 27.4. The van der Waals surface area contributed by atoms with Gasteiger partial charge in [0.15, 0.2) is 5.01 Å². The molecule has 3 N–H and O–H groups in total. The van der Waals surface area contributed by atoms with Crippen LogP contribution in [0.1, 0.15) is 22.0 Å². The lowest BCUT2D eigenvalue weighted by Crippen LogP contribution is -2.62. The topological polar surface area (TPSA) is 116 Å². The first-order valence-corrected chi connectivity index (χ1v) is 13.5. The van der Waals surface area contributed by atoms with Crippen LogP contribution in [0.15, 0.2) is 24.3 Å². The molecule has 1 aromatic heterocycles. The number of fused-ring (bicyclic) bond motifs is 1. The number of carbonyl (C=O) groups excluding carboxylic acids is 3. The van der Waals surface area contributed by atoms with Crippen LogP contribution in [0.4, 0.5) is 5.69 Å². The molecule has 1 aromatic carbocycles. The molecule has 10 nitrogen and oxygen atoms in total. The van der Waals surface area contributed by atoms with Gasteiger partial charge in [-0.25, -0.2) is 4.98 Å². The summed E-state index contributed by atoms with van der Waals surface area (Å²) in [5.74, 6) is -1.72. The molecule has 37 heavy (non-hydrogen) atoms. The van der Waals surface area contributed by atoms with E-state index in [-0.39, 0.29) is 12.5 Å². The van der Waals surface area contributed by atoms with Crippen molar-refractivity contribution in [3.05, 3.63) is 44.9 Å². The zero-order chi connectivity index (χ0) is 26.5. The summed E-state index contributed by atoms with van der Waals surface area (Å²) in [5.41, 5.74) is 1.52. The Kier molecular flexibility index (Phi) is 9.08. The highest BCUT2D eigenvalue weighted by Gasteiger charge is 2.34. The molecule has 2 atom stereocenters. The summed E-state index contributed by atoms with van der Waals surface area (Å²) in [6.45, 7) is 2.45. The van der Waals surface area contributed by atoms with Gasteiger partial charge in [0.25, 0.3) is 0 Å². The van der Waals surface area contributed by atoms with E-state index in [0.29, 0.717) is 40.2 Å². The van der Waals surface area contributed by atoms with E-state index in [1.54, 1.807) is 40.5 Å². The lowest BCUT2D eigenvalue weighted by atomic mass is 9.98. The summed E-state index contributed by atoms with van der Waals surface area (Å²) in [7, 11) is 3.54. The quantitative estimate of drug-likeness (QED) is 0.356. The van der Waals surface area contributed by atoms with Gasteiger partial charge < -0.3 is 30.5 Å². The molecule has 13 heteroatoms. The van der Waals surface area contributed by atoms with Crippen LogP contribution in [0.2, 0.25) is 5.02 Å². The number of carbonyl (C=O) groups is 3. The second-order valence-electron chi connectivity index (χ2n) is 9.06. The molecular formula is C24H29ClN6O4S2. The van der Waals surface area contributed by atoms with E-state index >= 15 is 0 Å². The van der Waals surface area contributed by atoms with Gasteiger partial charge in [0.05, 0.1) is 17.8 Å². The van der Waals surface area contributed by atoms with Crippen LogP contribution >= 0.6 is 35.2 Å². The monoisotopic (exact) mass is 564 g/mol. The number of hydrogen-bond acceptors (Lipinski definition) is 8. The summed E-state index contributed by atoms with van der Waals surface area (Å²) < 4.78 is 5.00. The average Bonchev–Trinajstić information content (AvgIpc) is 3.30. The van der Waals surface area contributed by atoms with Crippen molar-refractivity contribution < 1.29 is 19.1 Å². The van der Waals surface area contributed by atoms with Crippen molar-refractivity contribution in [3.63, 3.8) is 0 Å². The van der Waals surface area contributed by atoms with Crippen LogP contribution in [0, 0.1) is 0 Å². The standard InChI is InChI=1S/C24H29ClN6O4S2/c1-30-9-7-17-19(12-30)37-24(29-17)23(36)28-18-11-31(20(32)13-35-2)10-8-16(18)27-22(34)21(33)26-15-5-3-14(25)4-6-15/h3-6,16,18H,7-13H2,1-2H3,(H,26,33)(H,27,34)(H,28,36)/t16-,18+/m0/s1. The maximum atomic E-state index is 12.7. The molecule has 2 aliphatic heterocycles. The molecule has 0 aliphatic carbocycles. The number of halogens is 1. The Bertz CT molecular complexity index is 1170. The number of likely N-dealkylation sites (tertiary alicyclic amines) is 1. The van der Waals surface area contributed by atoms with Crippen molar-refractivity contribution in [2.24, 2.45) is 0 Å². The molecule has 0 bridgehead atoms. The van der Waals surface area contributed by atoms with Crippen LogP contribution in [-0.2, 0) is 32.1 Å². The normalized spacial score (nSPS) is 19.6. The van der Waals surface area contributed by atoms with Crippen molar-refractivity contribution in [2.75, 3.05) is 45.7 Å². The molecule has 3 heterocycles. The molecule has 4 rings (SSSR count). The van der Waals surface area contributed by atoms with Gasteiger partial charge in [0.2, 0.25) is 5.91 Å². The second-order valence-corrected chi connectivity index (χ2v) is 11.0. The van der Waals surface area contributed by atoms with Crippen molar-refractivity contribution in [3.8, 4) is 0 Å². The molecule has 0 spiro atoms. The number of benzene rings is 1. The summed E-state index contributed by atoms with van der Waals surface area (Å²) in [5, 5.41) is 9.91. The number of nitrogens with one attached hydrogen (secondary N) is 3. The van der Waals surface area contributed by atoms with Crippen molar-refractivity contribution in [1.82, 2.24) is 25.4 Å². The highest BCUT2D eigenvalue weighted by Crippen LogP contribution is 2.25. The van der Waals surface area contributed by atoms with Gasteiger partial charge in [0, 0.05) is 55.3 Å². The Morgan fingerprint density at radius 2 is 1.92 bits per heavy atom. The number of rotatable bonds is 6. The van der Waals surface area contributed by atoms with E-state index in [4.69, 9.17) is 33.5 Å². The van der Waals surface area contributed by atoms with Gasteiger partial charge >= 0.3 is 11.8 Å². The minimum atomic E-state index is -0.793. The van der Waals surface area contributed by atoms with Gasteiger partial charge in [-0.1, -0.05) is 23.8 Å². The summed E-state index contributed by atoms with van der Waals surface area (Å²) in [6, 6.07) is 5.61. The third-order valence-corrected chi connectivity index (χ3v) is 8.08. The van der Waals surface area contributed by atoms with Crippen LogP contribution in [0.5, 0.6) is 0 Å². The van der Waals surface area contributed by atoms with Crippen molar-refractivity contribution in [1.29, 1.82) is 0 Å². The van der Waals surface area contributed by atoms with Crippen LogP contribution in [0.3, 0.4) is 0 Å². The van der Waals surface area contributed by atoms with Gasteiger partial charge in [0.1, 0.15) is 11.6 Å². The Hall–Kier alpha value is -2.64. The molecule has 1 saturated heterocycles. The number of amides is 3. The molecule has 0 radical (unpaired) electrons. The number of methoxy groups -OCH3 is 1. The fourth-order valence-corrected chi connectivity index (χ4v) is 5.86. The van der Waals surface area contributed by atoms with E-state index in [1.165, 1.54) is 12.0 Å². The molecule has 0 unspecified atom stereocenters. The number of hydrogen-bond donors (Lipinski definition) is 3. The Labute approximate surface area is 229 Å². The number of thiocarbonyl (C=S) groups is 1. The number of anilines is 1. The molecule has 198 valence electrons. The highest BCUT2D eigenvalue weighted by molar-refractivity contribution is 7.81. The molecule has 2 aromatic rings. The SMILES string of the molecule is COCC(=O)N1CC[C@H](NC(=O)C(=O)Nc2ccc(Cl)cc2)[C@H](NC(=S)c2nc3c(s2)CN(C)CC3)C1. The van der Waals surface area contributed by atoms with Crippen molar-refractivity contribution >= 4 is 63.6 Å². The van der Waals surface area contributed by atoms with Gasteiger partial charge in [-0.15, -0.1) is 11.3 Å². The summed E-state index contributed by atoms with van der Waals surface area (Å²) >= 11 is 13.1. The number of aromatic nitrogens is 1. The Balaban J connectivity index is 1.44. The van der Waals surface area contributed by atoms with Gasteiger partial charge in [-0.3, -0.25) is 14.4 Å². The van der Waals surface area contributed by atoms with Gasteiger partial charge in [-0.05, 0) is 37.7 Å². The van der Waals surface area contributed by atoms with Crippen LogP contribution in [0.25, 0.3) is 0 Å². The molecule has 3 amide bonds. The molecule has 0 saturated carbocycles. The second kappa shape index (κ2) is 12.3. The molecule has 1 fully saturated rings. The predicted molar refractivity (Wildman–Crippen MR) is 146 cm³/mol. The first-order chi connectivity index (χ1) is 17.7. The van der Waals surface area contributed by atoms with E-state index in [2.05, 4.69) is 27.9 Å². The Morgan fingerprint density at radius 3 is 2.65 bits per heavy atom. The van der Waals surface area contributed by atoms with E-state index in [9.17, 15) is 14.4 Å². The fraction of sp³-hybridized carbons (Fsp3) is 0.458. The van der Waals surface area contributed by atoms with E-state index in [0.717, 1.165) is 25.2 Å². The third-order valence-electron chi connectivity index (χ3n) is 6.29. The number of likely N-dealkylation sites (N-methyl/N-ethyl adjacent to an activating group) is 1. The average molecular weight is 565 g/mol. The number of ether oxygens (including phenoxy) is 1. The summed E-state index contributed by atoms with van der Waals surface area (Å²) in [4.78, 5) is 48.0. The van der Waals surface area contributed by atoms with E-state index in [1.807, 2.05) is 0 Å². The number of thiazole rings is 1. The summed E-state index contributed by atoms with van der Waals surface area (Å²) in [6.07, 6.45) is 1.31. The molecule has 2 aliphatic rings. The first-order valence-electron chi connectivity index (χ1n) is 11.9. The maximum Gasteiger partial charge on any atom is 0.313 e. The molecular weight excluding hydrogens is 536 g/mol. The van der Waals surface area contributed by atoms with Crippen LogP contribution in [-0.4, -0.2) is 90.0 Å². The minimum Gasteiger partial charge on any atom is -0.375 e. The highest BCUT2D eigenvalue weighted by atomic mass is 35.5. The number of piperidine rings is 1. The predicted octanol–water partition coefficient (Wildman–Crippen LogP) is 1.42. The van der Waals surface area contributed by atoms with Gasteiger partial charge in [-0.2, -0.15) is 0 Å². The third kappa shape index (κ3) is 7.02. The lowest BCUT2D eigenvalue weighted by molar-refractivity contribution is -0.138. The minimum absolute atomic E-state index is 0.0373. The largest absolute Gasteiger partial charge is 0.375 e. The van der Waals surface area contributed by atoms with Crippen LogP contribution < -0.4 is 16.0 Å². The zero-order valence-electron chi connectivity index (χ0n) is 20.6. The smallest absolute Gasteiger partial charge is 0.313 e. The zero-order valence-corrected chi connectivity index (χ0v) is 23.0. The lowest BCUT2D eigenvalue weighted by Gasteiger charge is -2.39. The van der Waals surface area contributed by atoms with Crippen molar-refractivity contribution in [2.45, 2.75) is 31.5 Å². The number of nitrogens with zero attached hydrogens (tertiary/aromatic N) is 3. The maximum absolute atomic E-state index is 12.7. The Morgan fingerprint density at radius 1 is 1.16 bits per heavy atom.